The Kier molecular flexibility index (Phi) is 3.19. The van der Waals surface area contributed by atoms with Crippen LogP contribution in [0.1, 0.15) is 22.6 Å². The topological polar surface area (TPSA) is 76.0 Å². The number of hydrogen-bond acceptors (Lipinski definition) is 2. The fourth-order valence-electron chi connectivity index (χ4n) is 0.846. The second-order valence-corrected chi connectivity index (χ2v) is 3.52. The van der Waals surface area contributed by atoms with E-state index in [2.05, 4.69) is 4.98 Å². The van der Waals surface area contributed by atoms with Gasteiger partial charge in [0.1, 0.15) is 5.69 Å². The molecule has 0 bridgehead atoms. The minimum atomic E-state index is -2.84. The largest absolute Gasteiger partial charge is 0.364 e. The predicted octanol–water partition coefficient (Wildman–Crippen LogP) is 1.02. The Morgan fingerprint density at radius 2 is 2.14 bits per heavy atom. The predicted molar refractivity (Wildman–Crippen MR) is 53.3 cm³/mol. The molecule has 1 rings (SSSR count). The molecule has 1 aromatic heterocycles. The molecule has 0 saturated heterocycles. The number of pyridine rings is 1. The second kappa shape index (κ2) is 4.03. The highest BCUT2D eigenvalue weighted by atomic mass is 127. The third-order valence-electron chi connectivity index (χ3n) is 1.48. The molecule has 0 aromatic carbocycles. The van der Waals surface area contributed by atoms with Gasteiger partial charge in [0, 0.05) is 6.07 Å². The van der Waals surface area contributed by atoms with E-state index in [1.165, 1.54) is 22.6 Å². The van der Waals surface area contributed by atoms with Crippen molar-refractivity contribution in [2.75, 3.05) is 0 Å². The first kappa shape index (κ1) is 11.1. The van der Waals surface area contributed by atoms with E-state index in [-0.39, 0.29) is 9.26 Å². The molecule has 3 N–H and O–H groups in total. The molecule has 0 aliphatic heterocycles. The van der Waals surface area contributed by atoms with Gasteiger partial charge in [0.2, 0.25) is 0 Å². The minimum Gasteiger partial charge on any atom is -0.364 e. The van der Waals surface area contributed by atoms with E-state index in [1.807, 2.05) is 0 Å². The molecule has 4 nitrogen and oxygen atoms in total. The maximum absolute atomic E-state index is 12.3. The number of amides is 1. The SMILES string of the molecule is NC(=O)c1cc(=O)c(I)c(C(F)F)[nH]1. The van der Waals surface area contributed by atoms with Gasteiger partial charge in [-0.1, -0.05) is 0 Å². The first-order valence-corrected chi connectivity index (χ1v) is 4.52. The number of halogens is 3. The zero-order valence-electron chi connectivity index (χ0n) is 6.68. The monoisotopic (exact) mass is 314 g/mol. The number of nitrogens with two attached hydrogens (primary N) is 1. The van der Waals surface area contributed by atoms with E-state index in [1.54, 1.807) is 0 Å². The van der Waals surface area contributed by atoms with Gasteiger partial charge in [-0.2, -0.15) is 0 Å². The fourth-order valence-corrected chi connectivity index (χ4v) is 1.37. The van der Waals surface area contributed by atoms with Crippen LogP contribution in [0.4, 0.5) is 8.78 Å². The van der Waals surface area contributed by atoms with Gasteiger partial charge in [-0.3, -0.25) is 9.59 Å². The van der Waals surface area contributed by atoms with E-state index in [0.29, 0.717) is 0 Å². The fraction of sp³-hybridized carbons (Fsp3) is 0.143. The van der Waals surface area contributed by atoms with E-state index >= 15 is 0 Å². The quantitative estimate of drug-likeness (QED) is 0.800. The molecule has 1 amide bonds. The molecule has 1 aromatic rings. The Labute approximate surface area is 90.6 Å². The number of nitrogens with one attached hydrogen (secondary N) is 1. The van der Waals surface area contributed by atoms with Crippen molar-refractivity contribution in [1.29, 1.82) is 0 Å². The molecular formula is C7H5F2IN2O2. The summed E-state index contributed by atoms with van der Waals surface area (Å²) in [7, 11) is 0. The van der Waals surface area contributed by atoms with Crippen LogP contribution in [0.2, 0.25) is 0 Å². The van der Waals surface area contributed by atoms with Crippen LogP contribution >= 0.6 is 22.6 Å². The van der Waals surface area contributed by atoms with Gasteiger partial charge < -0.3 is 10.7 Å². The average molecular weight is 314 g/mol. The van der Waals surface area contributed by atoms with Gasteiger partial charge in [0.25, 0.3) is 12.3 Å². The maximum atomic E-state index is 12.3. The molecular weight excluding hydrogens is 309 g/mol. The zero-order valence-corrected chi connectivity index (χ0v) is 8.84. The lowest BCUT2D eigenvalue weighted by atomic mass is 10.3. The highest BCUT2D eigenvalue weighted by Gasteiger charge is 2.17. The van der Waals surface area contributed by atoms with Crippen LogP contribution in [-0.2, 0) is 0 Å². The molecule has 0 fully saturated rings. The number of carbonyl (C=O) groups is 1. The molecule has 76 valence electrons. The molecule has 0 radical (unpaired) electrons. The van der Waals surface area contributed by atoms with E-state index in [0.717, 1.165) is 6.07 Å². The van der Waals surface area contributed by atoms with Crippen LogP contribution in [-0.4, -0.2) is 10.9 Å². The Morgan fingerprint density at radius 1 is 1.57 bits per heavy atom. The summed E-state index contributed by atoms with van der Waals surface area (Å²) in [6.07, 6.45) is -2.84. The van der Waals surface area contributed by atoms with Gasteiger partial charge in [-0.15, -0.1) is 0 Å². The maximum Gasteiger partial charge on any atom is 0.279 e. The average Bonchev–Trinajstić information content (AvgIpc) is 2.08. The number of aromatic amines is 1. The lowest BCUT2D eigenvalue weighted by Crippen LogP contribution is -2.20. The van der Waals surface area contributed by atoms with Crippen LogP contribution < -0.4 is 11.2 Å². The van der Waals surface area contributed by atoms with Crippen molar-refractivity contribution < 1.29 is 13.6 Å². The highest BCUT2D eigenvalue weighted by molar-refractivity contribution is 14.1. The van der Waals surface area contributed by atoms with Gasteiger partial charge in [0.15, 0.2) is 5.43 Å². The molecule has 0 saturated carbocycles. The summed E-state index contributed by atoms with van der Waals surface area (Å²) in [6, 6.07) is 0.899. The number of rotatable bonds is 2. The van der Waals surface area contributed by atoms with Crippen molar-refractivity contribution >= 4 is 28.5 Å². The number of carbonyl (C=O) groups excluding carboxylic acids is 1. The van der Waals surface area contributed by atoms with Crippen LogP contribution in [0, 0.1) is 3.57 Å². The number of aromatic nitrogens is 1. The molecule has 7 heteroatoms. The standard InChI is InChI=1S/C7H5F2IN2O2/c8-6(9)5-4(10)3(13)1-2(12-5)7(11)14/h1,6H,(H2,11,14)(H,12,13). The van der Waals surface area contributed by atoms with Crippen molar-refractivity contribution in [1.82, 2.24) is 4.98 Å². The van der Waals surface area contributed by atoms with Gasteiger partial charge in [-0.05, 0) is 22.6 Å². The number of alkyl halides is 2. The zero-order chi connectivity index (χ0) is 10.9. The summed E-state index contributed by atoms with van der Waals surface area (Å²) < 4.78 is 24.5. The normalized spacial score (nSPS) is 10.6. The van der Waals surface area contributed by atoms with Crippen molar-refractivity contribution in [2.24, 2.45) is 5.73 Å². The number of H-pyrrole nitrogens is 1. The van der Waals surface area contributed by atoms with Gasteiger partial charge in [0.05, 0.1) is 9.26 Å². The number of primary amides is 1. The highest BCUT2D eigenvalue weighted by Crippen LogP contribution is 2.19. The molecule has 0 aliphatic carbocycles. The van der Waals surface area contributed by atoms with Crippen molar-refractivity contribution in [3.63, 3.8) is 0 Å². The van der Waals surface area contributed by atoms with Crippen LogP contribution in [0.15, 0.2) is 10.9 Å². The van der Waals surface area contributed by atoms with Crippen molar-refractivity contribution in [3.05, 3.63) is 31.2 Å². The van der Waals surface area contributed by atoms with Crippen molar-refractivity contribution in [2.45, 2.75) is 6.43 Å². The third kappa shape index (κ3) is 2.08. The summed E-state index contributed by atoms with van der Waals surface area (Å²) >= 11 is 1.48. The van der Waals surface area contributed by atoms with Crippen LogP contribution in [0.5, 0.6) is 0 Å². The molecule has 1 heterocycles. The third-order valence-corrected chi connectivity index (χ3v) is 2.59. The smallest absolute Gasteiger partial charge is 0.279 e. The number of hydrogen-bond donors (Lipinski definition) is 2. The molecule has 0 spiro atoms. The molecule has 0 unspecified atom stereocenters. The lowest BCUT2D eigenvalue weighted by Gasteiger charge is -2.04. The van der Waals surface area contributed by atoms with Crippen molar-refractivity contribution in [3.8, 4) is 0 Å². The minimum absolute atomic E-state index is 0.136. The Bertz CT molecular complexity index is 430. The van der Waals surface area contributed by atoms with E-state index in [9.17, 15) is 18.4 Å². The summed E-state index contributed by atoms with van der Waals surface area (Å²) in [5.41, 5.74) is 3.31. The molecule has 14 heavy (non-hydrogen) atoms. The first-order chi connectivity index (χ1) is 6.43. The summed E-state index contributed by atoms with van der Waals surface area (Å²) in [5.74, 6) is -0.944. The molecule has 0 aliphatic rings. The van der Waals surface area contributed by atoms with Crippen LogP contribution in [0.3, 0.4) is 0 Å². The Morgan fingerprint density at radius 3 is 2.57 bits per heavy atom. The van der Waals surface area contributed by atoms with Gasteiger partial charge >= 0.3 is 0 Å². The Hall–Kier alpha value is -0.990. The Balaban J connectivity index is 3.43. The summed E-state index contributed by atoms with van der Waals surface area (Å²) in [5, 5.41) is 0. The van der Waals surface area contributed by atoms with E-state index < -0.39 is 23.5 Å². The van der Waals surface area contributed by atoms with Gasteiger partial charge in [-0.25, -0.2) is 8.78 Å². The van der Waals surface area contributed by atoms with Crippen LogP contribution in [0.25, 0.3) is 0 Å². The lowest BCUT2D eigenvalue weighted by molar-refractivity contribution is 0.0993. The first-order valence-electron chi connectivity index (χ1n) is 3.44. The second-order valence-electron chi connectivity index (χ2n) is 2.44. The summed E-state index contributed by atoms with van der Waals surface area (Å²) in [4.78, 5) is 23.9. The van der Waals surface area contributed by atoms with E-state index in [4.69, 9.17) is 5.73 Å². The molecule has 0 atom stereocenters. The summed E-state index contributed by atoms with van der Waals surface area (Å²) in [6.45, 7) is 0.